The molecule has 1 aromatic heterocycles. The minimum absolute atomic E-state index is 0.0174. The normalized spacial score (nSPS) is 38.1. The van der Waals surface area contributed by atoms with E-state index in [9.17, 15) is 9.18 Å². The van der Waals surface area contributed by atoms with Gasteiger partial charge in [-0.25, -0.2) is 4.98 Å². The molecule has 1 unspecified atom stereocenters. The van der Waals surface area contributed by atoms with Gasteiger partial charge in [-0.3, -0.25) is 9.69 Å². The number of halogens is 1. The lowest BCUT2D eigenvalue weighted by Crippen LogP contribution is -2.59. The molecular weight excluding hydrogens is 345 g/mol. The maximum atomic E-state index is 13.8. The first kappa shape index (κ1) is 17.6. The minimum Gasteiger partial charge on any atom is -0.366 e. The SMILES string of the molecule is O=C(NC1C2CC3CC(C2)CC1C3)C1CN(Cc2cccnc2F)CCO1. The van der Waals surface area contributed by atoms with Crippen LogP contribution in [0, 0.1) is 29.6 Å². The van der Waals surface area contributed by atoms with Crippen LogP contribution in [-0.2, 0) is 16.1 Å². The third kappa shape index (κ3) is 3.49. The van der Waals surface area contributed by atoms with E-state index in [1.54, 1.807) is 12.1 Å². The second-order valence-electron chi connectivity index (χ2n) is 9.01. The molecule has 27 heavy (non-hydrogen) atoms. The molecule has 4 saturated carbocycles. The van der Waals surface area contributed by atoms with Gasteiger partial charge >= 0.3 is 0 Å². The molecule has 4 bridgehead atoms. The Morgan fingerprint density at radius 3 is 2.67 bits per heavy atom. The predicted molar refractivity (Wildman–Crippen MR) is 98.2 cm³/mol. The van der Waals surface area contributed by atoms with Crippen molar-refractivity contribution >= 4 is 5.91 Å². The summed E-state index contributed by atoms with van der Waals surface area (Å²) in [6, 6.07) is 3.83. The molecule has 1 aromatic rings. The molecule has 146 valence electrons. The Kier molecular flexibility index (Phi) is 4.64. The number of nitrogens with zero attached hydrogens (tertiary/aromatic N) is 2. The van der Waals surface area contributed by atoms with Gasteiger partial charge in [0.1, 0.15) is 6.10 Å². The van der Waals surface area contributed by atoms with Crippen LogP contribution in [0.4, 0.5) is 4.39 Å². The van der Waals surface area contributed by atoms with Gasteiger partial charge in [-0.05, 0) is 61.8 Å². The van der Waals surface area contributed by atoms with E-state index in [0.29, 0.717) is 49.7 Å². The van der Waals surface area contributed by atoms with Crippen molar-refractivity contribution in [2.45, 2.75) is 50.8 Å². The molecule has 1 saturated heterocycles. The number of carbonyl (C=O) groups excluding carboxylic acids is 1. The maximum absolute atomic E-state index is 13.8. The first-order valence-corrected chi connectivity index (χ1v) is 10.4. The summed E-state index contributed by atoms with van der Waals surface area (Å²) in [7, 11) is 0. The summed E-state index contributed by atoms with van der Waals surface area (Å²) in [5.41, 5.74) is 0.569. The quantitative estimate of drug-likeness (QED) is 0.824. The number of aromatic nitrogens is 1. The summed E-state index contributed by atoms with van der Waals surface area (Å²) in [5, 5.41) is 3.35. The van der Waals surface area contributed by atoms with E-state index < -0.39 is 12.1 Å². The maximum Gasteiger partial charge on any atom is 0.250 e. The van der Waals surface area contributed by atoms with Crippen LogP contribution in [0.25, 0.3) is 0 Å². The Morgan fingerprint density at radius 2 is 1.96 bits per heavy atom. The standard InChI is InChI=1S/C21H28FN3O2/c22-20-15(2-1-3-23-20)11-25-4-5-27-18(12-25)21(26)24-19-16-7-13-6-14(9-16)10-17(19)8-13/h1-3,13-14,16-19H,4-12H2,(H,24,26). The number of rotatable bonds is 4. The van der Waals surface area contributed by atoms with Gasteiger partial charge in [0.05, 0.1) is 6.61 Å². The number of amides is 1. The fraction of sp³-hybridized carbons (Fsp3) is 0.714. The van der Waals surface area contributed by atoms with Crippen molar-refractivity contribution in [3.8, 4) is 0 Å². The van der Waals surface area contributed by atoms with Gasteiger partial charge in [-0.1, -0.05) is 6.07 Å². The van der Waals surface area contributed by atoms with Crippen LogP contribution in [0.3, 0.4) is 0 Å². The Labute approximate surface area is 159 Å². The lowest BCUT2D eigenvalue weighted by Gasteiger charge is -2.54. The molecule has 1 N–H and O–H groups in total. The van der Waals surface area contributed by atoms with Crippen LogP contribution in [0.2, 0.25) is 0 Å². The van der Waals surface area contributed by atoms with Crippen LogP contribution in [-0.4, -0.2) is 47.6 Å². The highest BCUT2D eigenvalue weighted by Crippen LogP contribution is 2.53. The van der Waals surface area contributed by atoms with E-state index in [1.807, 2.05) is 0 Å². The molecule has 5 nitrogen and oxygen atoms in total. The number of hydrogen-bond acceptors (Lipinski definition) is 4. The van der Waals surface area contributed by atoms with Gasteiger partial charge in [-0.2, -0.15) is 4.39 Å². The Hall–Kier alpha value is -1.53. The zero-order valence-corrected chi connectivity index (χ0v) is 15.6. The van der Waals surface area contributed by atoms with E-state index in [-0.39, 0.29) is 5.91 Å². The number of pyridine rings is 1. The first-order valence-electron chi connectivity index (χ1n) is 10.4. The molecule has 1 amide bonds. The van der Waals surface area contributed by atoms with E-state index in [2.05, 4.69) is 15.2 Å². The molecule has 2 heterocycles. The Balaban J connectivity index is 1.20. The average molecular weight is 373 g/mol. The number of morpholine rings is 1. The van der Waals surface area contributed by atoms with Crippen LogP contribution < -0.4 is 5.32 Å². The molecule has 0 aromatic carbocycles. The molecule has 6 heteroatoms. The number of ether oxygens (including phenoxy) is 1. The van der Waals surface area contributed by atoms with Crippen molar-refractivity contribution in [3.63, 3.8) is 0 Å². The predicted octanol–water partition coefficient (Wildman–Crippen LogP) is 2.36. The molecule has 4 aliphatic carbocycles. The lowest BCUT2D eigenvalue weighted by molar-refractivity contribution is -0.142. The third-order valence-corrected chi connectivity index (χ3v) is 7.21. The first-order chi connectivity index (χ1) is 13.2. The zero-order chi connectivity index (χ0) is 18.4. The molecule has 6 rings (SSSR count). The van der Waals surface area contributed by atoms with Gasteiger partial charge in [0.2, 0.25) is 5.95 Å². The Morgan fingerprint density at radius 1 is 1.22 bits per heavy atom. The summed E-state index contributed by atoms with van der Waals surface area (Å²) >= 11 is 0. The molecule has 0 spiro atoms. The number of nitrogens with one attached hydrogen (secondary N) is 1. The fourth-order valence-electron chi connectivity index (χ4n) is 6.20. The zero-order valence-electron chi connectivity index (χ0n) is 15.6. The summed E-state index contributed by atoms with van der Waals surface area (Å²) in [4.78, 5) is 18.7. The monoisotopic (exact) mass is 373 g/mol. The molecule has 5 fully saturated rings. The van der Waals surface area contributed by atoms with Gasteiger partial charge in [0, 0.05) is 37.4 Å². The molecule has 1 atom stereocenters. The molecule has 1 aliphatic heterocycles. The van der Waals surface area contributed by atoms with Crippen molar-refractivity contribution in [2.24, 2.45) is 23.7 Å². The minimum atomic E-state index is -0.462. The Bertz CT molecular complexity index is 684. The van der Waals surface area contributed by atoms with Crippen molar-refractivity contribution in [3.05, 3.63) is 29.8 Å². The van der Waals surface area contributed by atoms with Gasteiger partial charge < -0.3 is 10.1 Å². The average Bonchev–Trinajstić information content (AvgIpc) is 2.66. The second kappa shape index (κ2) is 7.13. The smallest absolute Gasteiger partial charge is 0.250 e. The van der Waals surface area contributed by atoms with Crippen LogP contribution in [0.5, 0.6) is 0 Å². The van der Waals surface area contributed by atoms with Crippen molar-refractivity contribution in [2.75, 3.05) is 19.7 Å². The summed E-state index contributed by atoms with van der Waals surface area (Å²) in [6.07, 6.45) is 7.56. The topological polar surface area (TPSA) is 54.5 Å². The highest BCUT2D eigenvalue weighted by atomic mass is 19.1. The second-order valence-corrected chi connectivity index (χ2v) is 9.01. The number of carbonyl (C=O) groups is 1. The van der Waals surface area contributed by atoms with Crippen molar-refractivity contribution in [1.29, 1.82) is 0 Å². The van der Waals surface area contributed by atoms with Gasteiger partial charge in [0.15, 0.2) is 0 Å². The highest BCUT2D eigenvalue weighted by molar-refractivity contribution is 5.81. The number of hydrogen-bond donors (Lipinski definition) is 1. The van der Waals surface area contributed by atoms with Crippen LogP contribution in [0.1, 0.15) is 37.7 Å². The molecular formula is C21H28FN3O2. The van der Waals surface area contributed by atoms with E-state index in [0.717, 1.165) is 11.8 Å². The molecule has 5 aliphatic rings. The van der Waals surface area contributed by atoms with Crippen molar-refractivity contribution in [1.82, 2.24) is 15.2 Å². The molecule has 0 radical (unpaired) electrons. The van der Waals surface area contributed by atoms with E-state index >= 15 is 0 Å². The van der Waals surface area contributed by atoms with E-state index in [1.165, 1.54) is 38.3 Å². The van der Waals surface area contributed by atoms with Gasteiger partial charge in [0.25, 0.3) is 5.91 Å². The van der Waals surface area contributed by atoms with Crippen LogP contribution >= 0.6 is 0 Å². The van der Waals surface area contributed by atoms with Crippen LogP contribution in [0.15, 0.2) is 18.3 Å². The van der Waals surface area contributed by atoms with Crippen molar-refractivity contribution < 1.29 is 13.9 Å². The third-order valence-electron chi connectivity index (χ3n) is 7.21. The largest absolute Gasteiger partial charge is 0.366 e. The highest BCUT2D eigenvalue weighted by Gasteiger charge is 2.49. The summed E-state index contributed by atoms with van der Waals surface area (Å²) < 4.78 is 19.6. The summed E-state index contributed by atoms with van der Waals surface area (Å²) in [6.45, 7) is 2.18. The summed E-state index contributed by atoms with van der Waals surface area (Å²) in [5.74, 6) is 2.71. The lowest BCUT2D eigenvalue weighted by atomic mass is 9.54. The fourth-order valence-corrected chi connectivity index (χ4v) is 6.20. The van der Waals surface area contributed by atoms with Gasteiger partial charge in [-0.15, -0.1) is 0 Å². The van der Waals surface area contributed by atoms with E-state index in [4.69, 9.17) is 4.74 Å².